The van der Waals surface area contributed by atoms with Crippen molar-refractivity contribution < 1.29 is 9.53 Å². The van der Waals surface area contributed by atoms with E-state index in [9.17, 15) is 4.79 Å². The number of carbonyl (C=O) groups is 1. The summed E-state index contributed by atoms with van der Waals surface area (Å²) in [6.45, 7) is 3.98. The van der Waals surface area contributed by atoms with Gasteiger partial charge in [-0.1, -0.05) is 29.8 Å². The van der Waals surface area contributed by atoms with E-state index >= 15 is 0 Å². The number of benzene rings is 1. The van der Waals surface area contributed by atoms with Gasteiger partial charge >= 0.3 is 5.97 Å². The average Bonchev–Trinajstić information content (AvgIpc) is 2.18. The maximum Gasteiger partial charge on any atom is 0.313 e. The fourth-order valence-electron chi connectivity index (χ4n) is 1.22. The molecule has 0 fully saturated rings. The molecule has 0 spiro atoms. The predicted octanol–water partition coefficient (Wildman–Crippen LogP) is 3.01. The molecule has 1 unspecified atom stereocenters. The maximum atomic E-state index is 11.4. The van der Waals surface area contributed by atoms with Gasteiger partial charge in [0.1, 0.15) is 0 Å². The highest BCUT2D eigenvalue weighted by Crippen LogP contribution is 2.24. The van der Waals surface area contributed by atoms with E-state index in [1.165, 1.54) is 0 Å². The largest absolute Gasteiger partial charge is 0.466 e. The summed E-state index contributed by atoms with van der Waals surface area (Å²) in [7, 11) is 0. The van der Waals surface area contributed by atoms with Gasteiger partial charge in [0.05, 0.1) is 12.5 Å². The van der Waals surface area contributed by atoms with Crippen LogP contribution in [0.3, 0.4) is 0 Å². The second kappa shape index (κ2) is 5.01. The number of halogens is 1. The highest BCUT2D eigenvalue weighted by molar-refractivity contribution is 6.31. The van der Waals surface area contributed by atoms with E-state index in [1.807, 2.05) is 18.2 Å². The molecule has 1 aromatic rings. The normalized spacial score (nSPS) is 12.2. The van der Waals surface area contributed by atoms with Gasteiger partial charge in [-0.05, 0) is 25.5 Å². The summed E-state index contributed by atoms with van der Waals surface area (Å²) in [5, 5.41) is 0.605. The molecule has 14 heavy (non-hydrogen) atoms. The van der Waals surface area contributed by atoms with Gasteiger partial charge in [-0.25, -0.2) is 0 Å². The summed E-state index contributed by atoms with van der Waals surface area (Å²) in [5.74, 6) is -0.538. The van der Waals surface area contributed by atoms with E-state index < -0.39 is 0 Å². The number of hydrogen-bond donors (Lipinski definition) is 0. The van der Waals surface area contributed by atoms with Crippen molar-refractivity contribution in [3.63, 3.8) is 0 Å². The van der Waals surface area contributed by atoms with E-state index in [2.05, 4.69) is 0 Å². The molecule has 0 bridgehead atoms. The van der Waals surface area contributed by atoms with Crippen molar-refractivity contribution in [2.24, 2.45) is 0 Å². The fraction of sp³-hybridized carbons (Fsp3) is 0.364. The van der Waals surface area contributed by atoms with Gasteiger partial charge < -0.3 is 4.74 Å². The van der Waals surface area contributed by atoms with Crippen LogP contribution in [-0.2, 0) is 9.53 Å². The molecular formula is C11H13ClO2. The standard InChI is InChI=1S/C11H13ClO2/c1-3-14-11(13)8(2)9-6-4-5-7-10(9)12/h4-8H,3H2,1-2H3. The summed E-state index contributed by atoms with van der Waals surface area (Å²) in [6, 6.07) is 7.30. The molecule has 1 aromatic carbocycles. The van der Waals surface area contributed by atoms with Crippen LogP contribution in [0.2, 0.25) is 5.02 Å². The van der Waals surface area contributed by atoms with Crippen molar-refractivity contribution >= 4 is 17.6 Å². The molecule has 0 aliphatic heterocycles. The van der Waals surface area contributed by atoms with Crippen LogP contribution in [0.15, 0.2) is 24.3 Å². The Hall–Kier alpha value is -1.02. The van der Waals surface area contributed by atoms with Gasteiger partial charge in [0.15, 0.2) is 0 Å². The first-order valence-corrected chi connectivity index (χ1v) is 4.95. The molecule has 0 N–H and O–H groups in total. The van der Waals surface area contributed by atoms with Gasteiger partial charge in [0.2, 0.25) is 0 Å². The summed E-state index contributed by atoms with van der Waals surface area (Å²) >= 11 is 5.96. The molecule has 0 aromatic heterocycles. The van der Waals surface area contributed by atoms with E-state index in [-0.39, 0.29) is 11.9 Å². The van der Waals surface area contributed by atoms with Crippen LogP contribution in [0.4, 0.5) is 0 Å². The molecule has 0 aliphatic carbocycles. The zero-order valence-electron chi connectivity index (χ0n) is 8.29. The highest BCUT2D eigenvalue weighted by Gasteiger charge is 2.18. The number of carbonyl (C=O) groups excluding carboxylic acids is 1. The van der Waals surface area contributed by atoms with Gasteiger partial charge in [-0.2, -0.15) is 0 Å². The van der Waals surface area contributed by atoms with Gasteiger partial charge in [0, 0.05) is 5.02 Å². The third-order valence-electron chi connectivity index (χ3n) is 2.01. The van der Waals surface area contributed by atoms with Crippen LogP contribution in [0.5, 0.6) is 0 Å². The minimum absolute atomic E-state index is 0.236. The minimum atomic E-state index is -0.302. The number of ether oxygens (including phenoxy) is 1. The quantitative estimate of drug-likeness (QED) is 0.720. The molecule has 3 heteroatoms. The van der Waals surface area contributed by atoms with Gasteiger partial charge in [0.25, 0.3) is 0 Å². The Balaban J connectivity index is 2.84. The minimum Gasteiger partial charge on any atom is -0.466 e. The summed E-state index contributed by atoms with van der Waals surface area (Å²) in [5.41, 5.74) is 0.813. The van der Waals surface area contributed by atoms with Crippen LogP contribution < -0.4 is 0 Å². The molecule has 0 amide bonds. The van der Waals surface area contributed by atoms with Crippen LogP contribution in [-0.4, -0.2) is 12.6 Å². The van der Waals surface area contributed by atoms with Gasteiger partial charge in [-0.15, -0.1) is 0 Å². The lowest BCUT2D eigenvalue weighted by Crippen LogP contribution is -2.13. The second-order valence-corrected chi connectivity index (χ2v) is 3.40. The number of esters is 1. The fourth-order valence-corrected chi connectivity index (χ4v) is 1.52. The first kappa shape index (κ1) is 11.1. The molecule has 0 saturated carbocycles. The monoisotopic (exact) mass is 212 g/mol. The van der Waals surface area contributed by atoms with Crippen LogP contribution in [0.25, 0.3) is 0 Å². The lowest BCUT2D eigenvalue weighted by Gasteiger charge is -2.11. The van der Waals surface area contributed by atoms with E-state index in [0.717, 1.165) is 5.56 Å². The van der Waals surface area contributed by atoms with Crippen LogP contribution >= 0.6 is 11.6 Å². The Morgan fingerprint density at radius 3 is 2.71 bits per heavy atom. The first-order chi connectivity index (χ1) is 6.66. The van der Waals surface area contributed by atoms with Crippen LogP contribution in [0.1, 0.15) is 25.3 Å². The molecule has 0 heterocycles. The van der Waals surface area contributed by atoms with Crippen molar-refractivity contribution in [1.82, 2.24) is 0 Å². The van der Waals surface area contributed by atoms with Crippen molar-refractivity contribution in [2.45, 2.75) is 19.8 Å². The molecule has 2 nitrogen and oxygen atoms in total. The van der Waals surface area contributed by atoms with E-state index in [1.54, 1.807) is 19.9 Å². The van der Waals surface area contributed by atoms with Gasteiger partial charge in [-0.3, -0.25) is 4.79 Å². The Kier molecular flexibility index (Phi) is 3.96. The van der Waals surface area contributed by atoms with Crippen molar-refractivity contribution in [2.75, 3.05) is 6.61 Å². The number of hydrogen-bond acceptors (Lipinski definition) is 2. The molecule has 1 atom stereocenters. The number of rotatable bonds is 3. The Bertz CT molecular complexity index is 323. The summed E-state index contributed by atoms with van der Waals surface area (Å²) in [4.78, 5) is 11.4. The SMILES string of the molecule is CCOC(=O)C(C)c1ccccc1Cl. The third kappa shape index (κ3) is 2.48. The Labute approximate surface area is 88.8 Å². The van der Waals surface area contributed by atoms with Crippen molar-refractivity contribution in [1.29, 1.82) is 0 Å². The highest BCUT2D eigenvalue weighted by atomic mass is 35.5. The zero-order valence-corrected chi connectivity index (χ0v) is 9.04. The lowest BCUT2D eigenvalue weighted by molar-refractivity contribution is -0.144. The smallest absolute Gasteiger partial charge is 0.313 e. The molecule has 1 rings (SSSR count). The molecular weight excluding hydrogens is 200 g/mol. The molecule has 0 radical (unpaired) electrons. The maximum absolute atomic E-state index is 11.4. The van der Waals surface area contributed by atoms with Crippen LogP contribution in [0, 0.1) is 0 Å². The average molecular weight is 213 g/mol. The molecule has 76 valence electrons. The zero-order chi connectivity index (χ0) is 10.6. The lowest BCUT2D eigenvalue weighted by atomic mass is 10.0. The van der Waals surface area contributed by atoms with Crippen molar-refractivity contribution in [3.8, 4) is 0 Å². The summed E-state index contributed by atoms with van der Waals surface area (Å²) in [6.07, 6.45) is 0. The predicted molar refractivity (Wildman–Crippen MR) is 56.5 cm³/mol. The topological polar surface area (TPSA) is 26.3 Å². The molecule has 0 aliphatic rings. The summed E-state index contributed by atoms with van der Waals surface area (Å²) < 4.78 is 4.92. The van der Waals surface area contributed by atoms with Crippen molar-refractivity contribution in [3.05, 3.63) is 34.9 Å². The first-order valence-electron chi connectivity index (χ1n) is 4.58. The second-order valence-electron chi connectivity index (χ2n) is 3.00. The molecule has 0 saturated heterocycles. The van der Waals surface area contributed by atoms with E-state index in [4.69, 9.17) is 16.3 Å². The van der Waals surface area contributed by atoms with E-state index in [0.29, 0.717) is 11.6 Å². The Morgan fingerprint density at radius 2 is 2.14 bits per heavy atom. The Morgan fingerprint density at radius 1 is 1.50 bits per heavy atom. The third-order valence-corrected chi connectivity index (χ3v) is 2.36.